The number of hydrogen-bond donors (Lipinski definition) is 0. The van der Waals surface area contributed by atoms with E-state index in [1.807, 2.05) is 72.9 Å². The molecule has 0 aliphatic heterocycles. The molecule has 0 aliphatic carbocycles. The van der Waals surface area contributed by atoms with Gasteiger partial charge in [-0.25, -0.2) is 0 Å². The number of nitrogens with zero attached hydrogens (tertiary/aromatic N) is 3. The van der Waals surface area contributed by atoms with Crippen molar-refractivity contribution in [3.63, 3.8) is 0 Å². The Morgan fingerprint density at radius 1 is 1.00 bits per heavy atom. The van der Waals surface area contributed by atoms with Gasteiger partial charge in [0.05, 0.1) is 6.54 Å². The zero-order valence-electron chi connectivity index (χ0n) is 13.0. The standard InChI is InChI=1S/C20H15N3O/c21-13-16(14-22)12-17-15-23(20-9-5-4-8-19(17)20)10-11-24-18-6-2-1-3-7-18/h1-9,12,15H,10-11H2. The lowest BCUT2D eigenvalue weighted by molar-refractivity contribution is 0.300. The molecule has 0 aliphatic rings. The van der Waals surface area contributed by atoms with E-state index in [1.54, 1.807) is 6.08 Å². The van der Waals surface area contributed by atoms with Gasteiger partial charge >= 0.3 is 0 Å². The molecule has 3 rings (SSSR count). The number of allylic oxidation sites excluding steroid dienone is 1. The Balaban J connectivity index is 1.85. The highest BCUT2D eigenvalue weighted by atomic mass is 16.5. The third-order valence-corrected chi connectivity index (χ3v) is 3.70. The fraction of sp³-hybridized carbons (Fsp3) is 0.100. The second kappa shape index (κ2) is 7.17. The second-order valence-electron chi connectivity index (χ2n) is 5.24. The van der Waals surface area contributed by atoms with Crippen LogP contribution in [-0.4, -0.2) is 11.2 Å². The Morgan fingerprint density at radius 2 is 1.71 bits per heavy atom. The average Bonchev–Trinajstić information content (AvgIpc) is 2.98. The number of hydrogen-bond acceptors (Lipinski definition) is 3. The molecule has 0 bridgehead atoms. The van der Waals surface area contributed by atoms with Crippen molar-refractivity contribution in [3.05, 3.63) is 71.9 Å². The lowest BCUT2D eigenvalue weighted by atomic mass is 10.1. The average molecular weight is 313 g/mol. The third-order valence-electron chi connectivity index (χ3n) is 3.70. The molecule has 0 saturated carbocycles. The van der Waals surface area contributed by atoms with Crippen LogP contribution >= 0.6 is 0 Å². The van der Waals surface area contributed by atoms with E-state index in [9.17, 15) is 0 Å². The van der Waals surface area contributed by atoms with Crippen LogP contribution in [0.25, 0.3) is 17.0 Å². The van der Waals surface area contributed by atoms with Gasteiger partial charge in [-0.1, -0.05) is 36.4 Å². The van der Waals surface area contributed by atoms with E-state index in [0.29, 0.717) is 13.2 Å². The monoisotopic (exact) mass is 313 g/mol. The molecule has 0 spiro atoms. The molecular weight excluding hydrogens is 298 g/mol. The fourth-order valence-corrected chi connectivity index (χ4v) is 2.60. The number of nitriles is 2. The van der Waals surface area contributed by atoms with Crippen molar-refractivity contribution >= 4 is 17.0 Å². The van der Waals surface area contributed by atoms with Crippen LogP contribution in [0.15, 0.2) is 66.4 Å². The molecule has 0 N–H and O–H groups in total. The number of ether oxygens (including phenoxy) is 1. The molecule has 1 aromatic heterocycles. The zero-order valence-corrected chi connectivity index (χ0v) is 13.0. The van der Waals surface area contributed by atoms with Crippen LogP contribution in [0.5, 0.6) is 5.75 Å². The van der Waals surface area contributed by atoms with Crippen molar-refractivity contribution < 1.29 is 4.74 Å². The molecule has 0 radical (unpaired) electrons. The van der Waals surface area contributed by atoms with Crippen molar-refractivity contribution in [1.82, 2.24) is 4.57 Å². The topological polar surface area (TPSA) is 61.7 Å². The predicted molar refractivity (Wildman–Crippen MR) is 93.1 cm³/mol. The molecule has 0 fully saturated rings. The summed E-state index contributed by atoms with van der Waals surface area (Å²) in [6.07, 6.45) is 3.57. The van der Waals surface area contributed by atoms with E-state index in [2.05, 4.69) is 4.57 Å². The Labute approximate surface area is 140 Å². The largest absolute Gasteiger partial charge is 0.492 e. The van der Waals surface area contributed by atoms with Gasteiger partial charge in [0.25, 0.3) is 0 Å². The normalized spacial score (nSPS) is 9.92. The first-order valence-electron chi connectivity index (χ1n) is 7.59. The maximum Gasteiger partial charge on any atom is 0.130 e. The van der Waals surface area contributed by atoms with Gasteiger partial charge in [-0.2, -0.15) is 10.5 Å². The van der Waals surface area contributed by atoms with Crippen molar-refractivity contribution in [2.24, 2.45) is 0 Å². The van der Waals surface area contributed by atoms with E-state index in [1.165, 1.54) is 0 Å². The Bertz CT molecular complexity index is 940. The van der Waals surface area contributed by atoms with Crippen LogP contribution in [0.3, 0.4) is 0 Å². The summed E-state index contributed by atoms with van der Waals surface area (Å²) in [5.41, 5.74) is 2.01. The van der Waals surface area contributed by atoms with E-state index in [4.69, 9.17) is 15.3 Å². The zero-order chi connectivity index (χ0) is 16.8. The molecule has 3 aromatic rings. The van der Waals surface area contributed by atoms with Crippen LogP contribution in [0.4, 0.5) is 0 Å². The van der Waals surface area contributed by atoms with Crippen molar-refractivity contribution in [2.45, 2.75) is 6.54 Å². The molecule has 4 heteroatoms. The van der Waals surface area contributed by atoms with Gasteiger partial charge in [0, 0.05) is 22.7 Å². The van der Waals surface area contributed by atoms with Crippen LogP contribution in [0, 0.1) is 22.7 Å². The van der Waals surface area contributed by atoms with Gasteiger partial charge in [-0.3, -0.25) is 0 Å². The maximum atomic E-state index is 8.97. The highest BCUT2D eigenvalue weighted by Gasteiger charge is 2.07. The van der Waals surface area contributed by atoms with Gasteiger partial charge in [-0.05, 0) is 24.3 Å². The van der Waals surface area contributed by atoms with Gasteiger partial charge in [0.1, 0.15) is 30.1 Å². The van der Waals surface area contributed by atoms with E-state index in [0.717, 1.165) is 22.2 Å². The Hall–Kier alpha value is -3.50. The summed E-state index contributed by atoms with van der Waals surface area (Å²) in [5.74, 6) is 0.838. The molecule has 24 heavy (non-hydrogen) atoms. The van der Waals surface area contributed by atoms with E-state index in [-0.39, 0.29) is 5.57 Å². The minimum Gasteiger partial charge on any atom is -0.492 e. The Kier molecular flexibility index (Phi) is 4.60. The molecule has 2 aromatic carbocycles. The number of benzene rings is 2. The predicted octanol–water partition coefficient (Wildman–Crippen LogP) is 4.15. The smallest absolute Gasteiger partial charge is 0.130 e. The highest BCUT2D eigenvalue weighted by Crippen LogP contribution is 2.23. The SMILES string of the molecule is N#CC(C#N)=Cc1cn(CCOc2ccccc2)c2ccccc12. The lowest BCUT2D eigenvalue weighted by Crippen LogP contribution is -2.07. The molecule has 0 amide bonds. The van der Waals surface area contributed by atoms with Crippen LogP contribution in [0.1, 0.15) is 5.56 Å². The van der Waals surface area contributed by atoms with Gasteiger partial charge in [0.2, 0.25) is 0 Å². The number of aromatic nitrogens is 1. The fourth-order valence-electron chi connectivity index (χ4n) is 2.60. The summed E-state index contributed by atoms with van der Waals surface area (Å²) in [6.45, 7) is 1.22. The summed E-state index contributed by atoms with van der Waals surface area (Å²) in [4.78, 5) is 0. The molecule has 1 heterocycles. The van der Waals surface area contributed by atoms with Gasteiger partial charge < -0.3 is 9.30 Å². The maximum absolute atomic E-state index is 8.97. The van der Waals surface area contributed by atoms with E-state index < -0.39 is 0 Å². The lowest BCUT2D eigenvalue weighted by Gasteiger charge is -2.08. The summed E-state index contributed by atoms with van der Waals surface area (Å²) < 4.78 is 7.83. The van der Waals surface area contributed by atoms with Crippen molar-refractivity contribution in [3.8, 4) is 17.9 Å². The minimum atomic E-state index is 0.0958. The first-order chi connectivity index (χ1) is 11.8. The summed E-state index contributed by atoms with van der Waals surface area (Å²) in [7, 11) is 0. The van der Waals surface area contributed by atoms with Gasteiger partial charge in [-0.15, -0.1) is 0 Å². The summed E-state index contributed by atoms with van der Waals surface area (Å²) >= 11 is 0. The molecule has 0 unspecified atom stereocenters. The van der Waals surface area contributed by atoms with Crippen molar-refractivity contribution in [1.29, 1.82) is 10.5 Å². The quantitative estimate of drug-likeness (QED) is 0.665. The number of para-hydroxylation sites is 2. The van der Waals surface area contributed by atoms with Crippen LogP contribution in [-0.2, 0) is 6.54 Å². The molecule has 116 valence electrons. The summed E-state index contributed by atoms with van der Waals surface area (Å²) in [6, 6.07) is 21.4. The number of fused-ring (bicyclic) bond motifs is 1. The first kappa shape index (κ1) is 15.4. The van der Waals surface area contributed by atoms with Crippen LogP contribution in [0.2, 0.25) is 0 Å². The first-order valence-corrected chi connectivity index (χ1v) is 7.59. The molecular formula is C20H15N3O. The highest BCUT2D eigenvalue weighted by molar-refractivity contribution is 5.90. The number of rotatable bonds is 5. The summed E-state index contributed by atoms with van der Waals surface area (Å²) in [5, 5.41) is 18.9. The van der Waals surface area contributed by atoms with Crippen LogP contribution < -0.4 is 4.74 Å². The third kappa shape index (κ3) is 3.29. The van der Waals surface area contributed by atoms with E-state index >= 15 is 0 Å². The molecule has 0 atom stereocenters. The Morgan fingerprint density at radius 3 is 2.46 bits per heavy atom. The molecule has 4 nitrogen and oxygen atoms in total. The van der Waals surface area contributed by atoms with Crippen molar-refractivity contribution in [2.75, 3.05) is 6.61 Å². The minimum absolute atomic E-state index is 0.0958. The van der Waals surface area contributed by atoms with Gasteiger partial charge in [0.15, 0.2) is 0 Å². The second-order valence-corrected chi connectivity index (χ2v) is 5.24. The molecule has 0 saturated heterocycles.